The molecule has 0 saturated carbocycles. The molecule has 3 nitrogen and oxygen atoms in total. The molecule has 0 amide bonds. The molecule has 1 aromatic carbocycles. The van der Waals surface area contributed by atoms with E-state index < -0.39 is 0 Å². The van der Waals surface area contributed by atoms with Crippen molar-refractivity contribution in [3.05, 3.63) is 23.3 Å². The SMILES string of the molecule is COc1ccc(OC)c2c1C1(C)CCC2(C)N1Cl. The van der Waals surface area contributed by atoms with Gasteiger partial charge in [0.25, 0.3) is 0 Å². The predicted octanol–water partition coefficient (Wildman–Crippen LogP) is 3.40. The van der Waals surface area contributed by atoms with E-state index in [4.69, 9.17) is 21.3 Å². The summed E-state index contributed by atoms with van der Waals surface area (Å²) in [6.07, 6.45) is 2.09. The van der Waals surface area contributed by atoms with Crippen molar-refractivity contribution in [2.24, 2.45) is 0 Å². The third kappa shape index (κ3) is 1.14. The molecular weight excluding hydrogens is 250 g/mol. The van der Waals surface area contributed by atoms with Crippen molar-refractivity contribution in [3.63, 3.8) is 0 Å². The van der Waals surface area contributed by atoms with Crippen LogP contribution in [0.5, 0.6) is 11.5 Å². The summed E-state index contributed by atoms with van der Waals surface area (Å²) in [6.45, 7) is 4.36. The van der Waals surface area contributed by atoms with Crippen molar-refractivity contribution in [1.29, 1.82) is 0 Å². The lowest BCUT2D eigenvalue weighted by Crippen LogP contribution is -2.32. The van der Waals surface area contributed by atoms with Gasteiger partial charge in [0.1, 0.15) is 11.5 Å². The molecule has 2 unspecified atom stereocenters. The molecule has 4 heteroatoms. The molecule has 0 aromatic heterocycles. The second-order valence-electron chi connectivity index (χ2n) is 5.55. The Bertz CT molecular complexity index is 474. The summed E-state index contributed by atoms with van der Waals surface area (Å²) >= 11 is 6.60. The van der Waals surface area contributed by atoms with E-state index in [-0.39, 0.29) is 11.1 Å². The van der Waals surface area contributed by atoms with Gasteiger partial charge >= 0.3 is 0 Å². The Morgan fingerprint density at radius 2 is 1.39 bits per heavy atom. The summed E-state index contributed by atoms with van der Waals surface area (Å²) in [5.41, 5.74) is 2.05. The van der Waals surface area contributed by atoms with Gasteiger partial charge in [-0.15, -0.1) is 0 Å². The van der Waals surface area contributed by atoms with Gasteiger partial charge in [-0.3, -0.25) is 0 Å². The number of halogens is 1. The van der Waals surface area contributed by atoms with Crippen molar-refractivity contribution in [1.82, 2.24) is 4.42 Å². The highest BCUT2D eigenvalue weighted by molar-refractivity contribution is 6.15. The molecule has 18 heavy (non-hydrogen) atoms. The molecule has 0 radical (unpaired) electrons. The molecule has 1 saturated heterocycles. The van der Waals surface area contributed by atoms with Gasteiger partial charge in [0.15, 0.2) is 0 Å². The summed E-state index contributed by atoms with van der Waals surface area (Å²) < 4.78 is 13.0. The highest BCUT2D eigenvalue weighted by Crippen LogP contribution is 2.65. The number of rotatable bonds is 2. The topological polar surface area (TPSA) is 21.7 Å². The zero-order valence-electron chi connectivity index (χ0n) is 11.2. The van der Waals surface area contributed by atoms with Crippen molar-refractivity contribution in [3.8, 4) is 11.5 Å². The monoisotopic (exact) mass is 267 g/mol. The fraction of sp³-hybridized carbons (Fsp3) is 0.571. The first-order valence-electron chi connectivity index (χ1n) is 6.21. The van der Waals surface area contributed by atoms with Crippen molar-refractivity contribution in [2.75, 3.05) is 14.2 Å². The minimum atomic E-state index is -0.161. The van der Waals surface area contributed by atoms with Gasteiger partial charge in [-0.2, -0.15) is 4.42 Å². The molecule has 1 fully saturated rings. The fourth-order valence-corrected chi connectivity index (χ4v) is 3.99. The number of ether oxygens (including phenoxy) is 2. The summed E-state index contributed by atoms with van der Waals surface area (Å²) in [7, 11) is 3.41. The average molecular weight is 268 g/mol. The molecule has 0 aliphatic carbocycles. The molecule has 1 aromatic rings. The first-order chi connectivity index (χ1) is 8.49. The van der Waals surface area contributed by atoms with Gasteiger partial charge in [0, 0.05) is 11.1 Å². The molecule has 98 valence electrons. The largest absolute Gasteiger partial charge is 0.496 e. The van der Waals surface area contributed by atoms with Crippen molar-refractivity contribution in [2.45, 2.75) is 37.8 Å². The van der Waals surface area contributed by atoms with Crippen LogP contribution in [-0.4, -0.2) is 18.6 Å². The molecular formula is C14H18ClNO2. The molecule has 3 rings (SSSR count). The fourth-order valence-electron chi connectivity index (χ4n) is 3.65. The normalized spacial score (nSPS) is 33.6. The quantitative estimate of drug-likeness (QED) is 0.767. The second-order valence-corrected chi connectivity index (χ2v) is 5.89. The van der Waals surface area contributed by atoms with Gasteiger partial charge in [0.05, 0.1) is 25.3 Å². The first-order valence-corrected chi connectivity index (χ1v) is 6.55. The molecule has 2 aliphatic rings. The second kappa shape index (κ2) is 3.55. The predicted molar refractivity (Wildman–Crippen MR) is 71.2 cm³/mol. The van der Waals surface area contributed by atoms with Crippen LogP contribution in [0.1, 0.15) is 37.8 Å². The lowest BCUT2D eigenvalue weighted by atomic mass is 9.77. The van der Waals surface area contributed by atoms with E-state index in [1.807, 2.05) is 16.6 Å². The van der Waals surface area contributed by atoms with Gasteiger partial charge in [-0.05, 0) is 50.6 Å². The van der Waals surface area contributed by atoms with Crippen LogP contribution in [-0.2, 0) is 11.1 Å². The Hall–Kier alpha value is -0.930. The maximum Gasteiger partial charge on any atom is 0.124 e. The van der Waals surface area contributed by atoms with E-state index in [2.05, 4.69) is 13.8 Å². The van der Waals surface area contributed by atoms with Crippen LogP contribution >= 0.6 is 11.8 Å². The van der Waals surface area contributed by atoms with Crippen molar-refractivity contribution >= 4 is 11.8 Å². The van der Waals surface area contributed by atoms with Crippen LogP contribution in [0, 0.1) is 0 Å². The summed E-state index contributed by atoms with van der Waals surface area (Å²) in [4.78, 5) is 0. The summed E-state index contributed by atoms with van der Waals surface area (Å²) in [6, 6.07) is 3.94. The average Bonchev–Trinajstić information content (AvgIpc) is 2.72. The Morgan fingerprint density at radius 1 is 1.00 bits per heavy atom. The Labute approximate surface area is 113 Å². The molecule has 2 heterocycles. The van der Waals surface area contributed by atoms with Crippen molar-refractivity contribution < 1.29 is 9.47 Å². The third-order valence-electron chi connectivity index (χ3n) is 4.61. The van der Waals surface area contributed by atoms with Crippen LogP contribution in [0.3, 0.4) is 0 Å². The Kier molecular flexibility index (Phi) is 2.39. The number of methoxy groups -OCH3 is 2. The summed E-state index contributed by atoms with van der Waals surface area (Å²) in [5, 5.41) is 0. The molecule has 2 aliphatic heterocycles. The highest BCUT2D eigenvalue weighted by atomic mass is 35.5. The lowest BCUT2D eigenvalue weighted by molar-refractivity contribution is 0.203. The lowest BCUT2D eigenvalue weighted by Gasteiger charge is -2.28. The van der Waals surface area contributed by atoms with E-state index in [9.17, 15) is 0 Å². The Balaban J connectivity index is 2.36. The van der Waals surface area contributed by atoms with E-state index in [1.165, 1.54) is 11.1 Å². The number of hydrogen-bond donors (Lipinski definition) is 0. The molecule has 2 bridgehead atoms. The standard InChI is InChI=1S/C14H18ClNO2/c1-13-7-8-14(2,16(13)15)12-10(18-4)6-5-9(17-3)11(12)13/h5-6H,7-8H2,1-4H3. The number of hydrogen-bond acceptors (Lipinski definition) is 3. The number of benzene rings is 1. The van der Waals surface area contributed by atoms with E-state index >= 15 is 0 Å². The Morgan fingerprint density at radius 3 is 1.72 bits per heavy atom. The number of fused-ring (bicyclic) bond motifs is 5. The van der Waals surface area contributed by atoms with Crippen LogP contribution < -0.4 is 9.47 Å². The zero-order valence-corrected chi connectivity index (χ0v) is 12.0. The van der Waals surface area contributed by atoms with Gasteiger partial charge in [-0.1, -0.05) is 0 Å². The van der Waals surface area contributed by atoms with Crippen LogP contribution in [0.15, 0.2) is 12.1 Å². The maximum absolute atomic E-state index is 6.60. The van der Waals surface area contributed by atoms with E-state index in [1.54, 1.807) is 14.2 Å². The smallest absolute Gasteiger partial charge is 0.124 e. The van der Waals surface area contributed by atoms with Crippen LogP contribution in [0.4, 0.5) is 0 Å². The minimum absolute atomic E-state index is 0.161. The van der Waals surface area contributed by atoms with Gasteiger partial charge < -0.3 is 9.47 Å². The van der Waals surface area contributed by atoms with Gasteiger partial charge in [-0.25, -0.2) is 0 Å². The zero-order chi connectivity index (χ0) is 13.1. The maximum atomic E-state index is 6.60. The molecule has 0 spiro atoms. The summed E-state index contributed by atoms with van der Waals surface area (Å²) in [5.74, 6) is 1.81. The molecule has 2 atom stereocenters. The molecule has 0 N–H and O–H groups in total. The first kappa shape index (κ1) is 12.1. The van der Waals surface area contributed by atoms with E-state index in [0.29, 0.717) is 0 Å². The van der Waals surface area contributed by atoms with Gasteiger partial charge in [0.2, 0.25) is 0 Å². The third-order valence-corrected chi connectivity index (χ3v) is 5.36. The van der Waals surface area contributed by atoms with Crippen LogP contribution in [0.25, 0.3) is 0 Å². The number of nitrogens with zero attached hydrogens (tertiary/aromatic N) is 1. The van der Waals surface area contributed by atoms with Crippen LogP contribution in [0.2, 0.25) is 0 Å². The minimum Gasteiger partial charge on any atom is -0.496 e. The van der Waals surface area contributed by atoms with E-state index in [0.717, 1.165) is 24.3 Å². The highest BCUT2D eigenvalue weighted by Gasteiger charge is 2.61.